The Bertz CT molecular complexity index is 320. The lowest BCUT2D eigenvalue weighted by Crippen LogP contribution is -2.22. The first-order valence-electron chi connectivity index (χ1n) is 5.66. The van der Waals surface area contributed by atoms with Gasteiger partial charge in [0.2, 0.25) is 0 Å². The van der Waals surface area contributed by atoms with Gasteiger partial charge in [-0.05, 0) is 37.2 Å². The third-order valence-electron chi connectivity index (χ3n) is 2.27. The summed E-state index contributed by atoms with van der Waals surface area (Å²) in [5, 5.41) is 6.25. The van der Waals surface area contributed by atoms with Gasteiger partial charge in [-0.2, -0.15) is 13.2 Å². The molecule has 0 unspecified atom stereocenters. The molecular weight excluding hydrogens is 229 g/mol. The van der Waals surface area contributed by atoms with Crippen molar-refractivity contribution in [1.82, 2.24) is 5.32 Å². The summed E-state index contributed by atoms with van der Waals surface area (Å²) in [6, 6.07) is 5.06. The van der Waals surface area contributed by atoms with E-state index in [4.69, 9.17) is 0 Å². The summed E-state index contributed by atoms with van der Waals surface area (Å²) in [7, 11) is 0. The Kier molecular flexibility index (Phi) is 5.28. The van der Waals surface area contributed by atoms with Gasteiger partial charge in [0, 0.05) is 18.8 Å². The molecular formula is C12H17F3N2. The number of hydrogen-bond acceptors (Lipinski definition) is 2. The highest BCUT2D eigenvalue weighted by Gasteiger charge is 2.29. The minimum Gasteiger partial charge on any atom is -0.384 e. The molecule has 0 saturated carbocycles. The molecule has 0 amide bonds. The molecule has 0 atom stereocenters. The van der Waals surface area contributed by atoms with E-state index < -0.39 is 11.7 Å². The molecule has 2 N–H and O–H groups in total. The predicted octanol–water partition coefficient (Wildman–Crippen LogP) is 3.12. The molecule has 0 aliphatic heterocycles. The van der Waals surface area contributed by atoms with Crippen LogP contribution in [0.5, 0.6) is 0 Å². The second-order valence-corrected chi connectivity index (χ2v) is 3.75. The number of nitrogens with one attached hydrogen (secondary N) is 2. The molecule has 0 fully saturated rings. The molecule has 1 aromatic rings. The van der Waals surface area contributed by atoms with Crippen molar-refractivity contribution in [2.24, 2.45) is 0 Å². The van der Waals surface area contributed by atoms with Crippen LogP contribution in [0.15, 0.2) is 24.3 Å². The Labute approximate surface area is 99.2 Å². The van der Waals surface area contributed by atoms with E-state index in [-0.39, 0.29) is 0 Å². The van der Waals surface area contributed by atoms with E-state index >= 15 is 0 Å². The van der Waals surface area contributed by atoms with Crippen LogP contribution in [-0.2, 0) is 6.18 Å². The Morgan fingerprint density at radius 2 is 1.65 bits per heavy atom. The molecule has 1 aromatic carbocycles. The van der Waals surface area contributed by atoms with Crippen LogP contribution in [0, 0.1) is 0 Å². The quantitative estimate of drug-likeness (QED) is 0.754. The SMILES string of the molecule is CCCNCCNc1ccc(C(F)(F)F)cc1. The van der Waals surface area contributed by atoms with Gasteiger partial charge in [0.15, 0.2) is 0 Å². The minimum atomic E-state index is -4.26. The Balaban J connectivity index is 2.36. The van der Waals surface area contributed by atoms with E-state index in [1.165, 1.54) is 12.1 Å². The molecule has 0 aliphatic carbocycles. The van der Waals surface area contributed by atoms with Gasteiger partial charge in [0.1, 0.15) is 0 Å². The van der Waals surface area contributed by atoms with Crippen molar-refractivity contribution < 1.29 is 13.2 Å². The van der Waals surface area contributed by atoms with E-state index in [0.29, 0.717) is 12.2 Å². The van der Waals surface area contributed by atoms with Gasteiger partial charge in [0.25, 0.3) is 0 Å². The van der Waals surface area contributed by atoms with Crippen molar-refractivity contribution in [3.05, 3.63) is 29.8 Å². The maximum Gasteiger partial charge on any atom is 0.416 e. The van der Waals surface area contributed by atoms with Crippen molar-refractivity contribution in [3.8, 4) is 0 Å². The first kappa shape index (κ1) is 13.8. The van der Waals surface area contributed by atoms with Gasteiger partial charge >= 0.3 is 6.18 Å². The van der Waals surface area contributed by atoms with E-state index in [9.17, 15) is 13.2 Å². The van der Waals surface area contributed by atoms with Crippen LogP contribution in [0.4, 0.5) is 18.9 Å². The average Bonchev–Trinajstić information content (AvgIpc) is 2.28. The fourth-order valence-electron chi connectivity index (χ4n) is 1.37. The second kappa shape index (κ2) is 6.49. The van der Waals surface area contributed by atoms with Crippen molar-refractivity contribution in [2.75, 3.05) is 25.0 Å². The number of halogens is 3. The summed E-state index contributed by atoms with van der Waals surface area (Å²) in [5.74, 6) is 0. The van der Waals surface area contributed by atoms with Gasteiger partial charge in [-0.25, -0.2) is 0 Å². The Hall–Kier alpha value is -1.23. The Morgan fingerprint density at radius 3 is 2.18 bits per heavy atom. The summed E-state index contributed by atoms with van der Waals surface area (Å²) in [6.07, 6.45) is -3.19. The van der Waals surface area contributed by atoms with E-state index in [0.717, 1.165) is 31.6 Å². The molecule has 1 rings (SSSR count). The smallest absolute Gasteiger partial charge is 0.384 e. The van der Waals surface area contributed by atoms with E-state index in [1.54, 1.807) is 0 Å². The molecule has 0 saturated heterocycles. The van der Waals surface area contributed by atoms with E-state index in [1.807, 2.05) is 0 Å². The molecule has 0 bridgehead atoms. The lowest BCUT2D eigenvalue weighted by molar-refractivity contribution is -0.137. The number of anilines is 1. The predicted molar refractivity (Wildman–Crippen MR) is 63.1 cm³/mol. The van der Waals surface area contributed by atoms with Gasteiger partial charge in [0.05, 0.1) is 5.56 Å². The highest BCUT2D eigenvalue weighted by atomic mass is 19.4. The summed E-state index contributed by atoms with van der Waals surface area (Å²) < 4.78 is 36.8. The molecule has 0 heterocycles. The third-order valence-corrected chi connectivity index (χ3v) is 2.27. The summed E-state index contributed by atoms with van der Waals surface area (Å²) in [6.45, 7) is 4.53. The number of hydrogen-bond donors (Lipinski definition) is 2. The molecule has 0 spiro atoms. The van der Waals surface area contributed by atoms with Crippen LogP contribution in [0.1, 0.15) is 18.9 Å². The number of alkyl halides is 3. The fourth-order valence-corrected chi connectivity index (χ4v) is 1.37. The van der Waals surface area contributed by atoms with Gasteiger partial charge in [-0.3, -0.25) is 0 Å². The normalized spacial score (nSPS) is 11.5. The van der Waals surface area contributed by atoms with Crippen LogP contribution in [-0.4, -0.2) is 19.6 Å². The monoisotopic (exact) mass is 246 g/mol. The van der Waals surface area contributed by atoms with Crippen LogP contribution in [0.2, 0.25) is 0 Å². The zero-order chi connectivity index (χ0) is 12.7. The van der Waals surface area contributed by atoms with Crippen LogP contribution >= 0.6 is 0 Å². The number of rotatable bonds is 6. The summed E-state index contributed by atoms with van der Waals surface area (Å²) in [4.78, 5) is 0. The minimum absolute atomic E-state index is 0.618. The standard InChI is InChI=1S/C12H17F3N2/c1-2-7-16-8-9-17-11-5-3-10(4-6-11)12(13,14)15/h3-6,16-17H,2,7-9H2,1H3. The number of benzene rings is 1. The second-order valence-electron chi connectivity index (χ2n) is 3.75. The lowest BCUT2D eigenvalue weighted by atomic mass is 10.2. The maximum atomic E-state index is 12.3. The molecule has 96 valence electrons. The van der Waals surface area contributed by atoms with Crippen molar-refractivity contribution in [2.45, 2.75) is 19.5 Å². The summed E-state index contributed by atoms with van der Waals surface area (Å²) in [5.41, 5.74) is 0.0865. The summed E-state index contributed by atoms with van der Waals surface area (Å²) >= 11 is 0. The van der Waals surface area contributed by atoms with Gasteiger partial charge in [-0.15, -0.1) is 0 Å². The van der Waals surface area contributed by atoms with Crippen LogP contribution < -0.4 is 10.6 Å². The molecule has 0 radical (unpaired) electrons. The first-order valence-corrected chi connectivity index (χ1v) is 5.66. The van der Waals surface area contributed by atoms with Crippen molar-refractivity contribution >= 4 is 5.69 Å². The molecule has 5 heteroatoms. The molecule has 0 aliphatic rings. The van der Waals surface area contributed by atoms with Gasteiger partial charge < -0.3 is 10.6 Å². The average molecular weight is 246 g/mol. The molecule has 17 heavy (non-hydrogen) atoms. The highest BCUT2D eigenvalue weighted by Crippen LogP contribution is 2.29. The van der Waals surface area contributed by atoms with Crippen molar-refractivity contribution in [1.29, 1.82) is 0 Å². The topological polar surface area (TPSA) is 24.1 Å². The zero-order valence-electron chi connectivity index (χ0n) is 9.77. The van der Waals surface area contributed by atoms with Crippen LogP contribution in [0.3, 0.4) is 0 Å². The van der Waals surface area contributed by atoms with Crippen LogP contribution in [0.25, 0.3) is 0 Å². The lowest BCUT2D eigenvalue weighted by Gasteiger charge is -2.09. The fraction of sp³-hybridized carbons (Fsp3) is 0.500. The highest BCUT2D eigenvalue weighted by molar-refractivity contribution is 5.45. The maximum absolute atomic E-state index is 12.3. The van der Waals surface area contributed by atoms with Crippen molar-refractivity contribution in [3.63, 3.8) is 0 Å². The zero-order valence-corrected chi connectivity index (χ0v) is 9.77. The third kappa shape index (κ3) is 5.08. The van der Waals surface area contributed by atoms with Gasteiger partial charge in [-0.1, -0.05) is 6.92 Å². The largest absolute Gasteiger partial charge is 0.416 e. The molecule has 2 nitrogen and oxygen atoms in total. The first-order chi connectivity index (χ1) is 8.04. The Morgan fingerprint density at radius 1 is 1.00 bits per heavy atom. The molecule has 0 aromatic heterocycles. The van der Waals surface area contributed by atoms with E-state index in [2.05, 4.69) is 17.6 Å².